The van der Waals surface area contributed by atoms with E-state index in [1.54, 1.807) is 0 Å². The molecular formula is C14H21N3O. The van der Waals surface area contributed by atoms with Crippen LogP contribution in [0.4, 0.5) is 0 Å². The SMILES string of the molecule is CN1CCC(c2nc(C=O)c3n2CCCC3)CC1. The first-order valence-electron chi connectivity index (χ1n) is 7.02. The van der Waals surface area contributed by atoms with Crippen molar-refractivity contribution in [2.45, 2.75) is 44.6 Å². The number of nitrogens with zero attached hydrogens (tertiary/aromatic N) is 3. The Morgan fingerprint density at radius 1 is 1.22 bits per heavy atom. The summed E-state index contributed by atoms with van der Waals surface area (Å²) in [5, 5.41) is 0. The standard InChI is InChI=1S/C14H21N3O/c1-16-8-5-11(6-9-16)14-15-12(10-18)13-4-2-3-7-17(13)14/h10-11H,2-9H2,1H3. The summed E-state index contributed by atoms with van der Waals surface area (Å²) in [7, 11) is 2.17. The van der Waals surface area contributed by atoms with Gasteiger partial charge in [0.2, 0.25) is 0 Å². The number of carbonyl (C=O) groups excluding carboxylic acids is 1. The van der Waals surface area contributed by atoms with Crippen molar-refractivity contribution in [3.8, 4) is 0 Å². The molecule has 0 atom stereocenters. The van der Waals surface area contributed by atoms with Crippen LogP contribution in [0.1, 0.15) is 53.6 Å². The topological polar surface area (TPSA) is 38.1 Å². The van der Waals surface area contributed by atoms with Gasteiger partial charge in [-0.1, -0.05) is 0 Å². The molecule has 0 bridgehead atoms. The average Bonchev–Trinajstić information content (AvgIpc) is 2.79. The van der Waals surface area contributed by atoms with Gasteiger partial charge in [-0.25, -0.2) is 4.98 Å². The molecule has 0 amide bonds. The number of imidazole rings is 1. The van der Waals surface area contributed by atoms with E-state index >= 15 is 0 Å². The summed E-state index contributed by atoms with van der Waals surface area (Å²) in [5.74, 6) is 1.73. The first-order valence-corrected chi connectivity index (χ1v) is 7.02. The molecule has 1 fully saturated rings. The maximum atomic E-state index is 11.1. The van der Waals surface area contributed by atoms with Crippen LogP contribution in [-0.2, 0) is 13.0 Å². The van der Waals surface area contributed by atoms with Gasteiger partial charge in [0.05, 0.1) is 0 Å². The lowest BCUT2D eigenvalue weighted by Gasteiger charge is -2.29. The van der Waals surface area contributed by atoms with E-state index in [2.05, 4.69) is 21.5 Å². The summed E-state index contributed by atoms with van der Waals surface area (Å²) in [5.41, 5.74) is 1.88. The van der Waals surface area contributed by atoms with Gasteiger partial charge in [-0.3, -0.25) is 4.79 Å². The maximum absolute atomic E-state index is 11.1. The maximum Gasteiger partial charge on any atom is 0.170 e. The second-order valence-corrected chi connectivity index (χ2v) is 5.61. The third-order valence-corrected chi connectivity index (χ3v) is 4.37. The Hall–Kier alpha value is -1.16. The Balaban J connectivity index is 1.91. The molecule has 98 valence electrons. The highest BCUT2D eigenvalue weighted by Gasteiger charge is 2.27. The molecule has 1 aromatic heterocycles. The van der Waals surface area contributed by atoms with E-state index in [1.807, 2.05) is 0 Å². The minimum Gasteiger partial charge on any atom is -0.331 e. The number of rotatable bonds is 2. The monoisotopic (exact) mass is 247 g/mol. The minimum atomic E-state index is 0.548. The van der Waals surface area contributed by atoms with E-state index in [4.69, 9.17) is 0 Å². The number of piperidine rings is 1. The molecular weight excluding hydrogens is 226 g/mol. The molecule has 0 N–H and O–H groups in total. The molecule has 0 saturated carbocycles. The van der Waals surface area contributed by atoms with Crippen molar-refractivity contribution in [2.24, 2.45) is 0 Å². The molecule has 18 heavy (non-hydrogen) atoms. The molecule has 2 aliphatic rings. The molecule has 2 aliphatic heterocycles. The van der Waals surface area contributed by atoms with Gasteiger partial charge in [-0.05, 0) is 52.2 Å². The van der Waals surface area contributed by atoms with Gasteiger partial charge in [0.15, 0.2) is 6.29 Å². The van der Waals surface area contributed by atoms with Crippen molar-refractivity contribution in [3.05, 3.63) is 17.2 Å². The van der Waals surface area contributed by atoms with Crippen LogP contribution in [0.5, 0.6) is 0 Å². The summed E-state index contributed by atoms with van der Waals surface area (Å²) in [6.07, 6.45) is 6.72. The van der Waals surface area contributed by atoms with Crippen LogP contribution in [-0.4, -0.2) is 40.9 Å². The van der Waals surface area contributed by atoms with Crippen LogP contribution in [0.15, 0.2) is 0 Å². The Bertz CT molecular complexity index is 444. The lowest BCUT2D eigenvalue weighted by atomic mass is 9.96. The highest BCUT2D eigenvalue weighted by molar-refractivity contribution is 5.74. The van der Waals surface area contributed by atoms with Gasteiger partial charge in [-0.2, -0.15) is 0 Å². The quantitative estimate of drug-likeness (QED) is 0.748. The first-order chi connectivity index (χ1) is 8.79. The minimum absolute atomic E-state index is 0.548. The second kappa shape index (κ2) is 4.84. The average molecular weight is 247 g/mol. The number of likely N-dealkylation sites (tertiary alicyclic amines) is 1. The molecule has 4 nitrogen and oxygen atoms in total. The zero-order valence-electron chi connectivity index (χ0n) is 11.1. The smallest absolute Gasteiger partial charge is 0.170 e. The molecule has 1 saturated heterocycles. The molecule has 0 unspecified atom stereocenters. The lowest BCUT2D eigenvalue weighted by Crippen LogP contribution is -2.30. The third kappa shape index (κ3) is 1.99. The zero-order chi connectivity index (χ0) is 12.5. The first kappa shape index (κ1) is 11.9. The van der Waals surface area contributed by atoms with Gasteiger partial charge in [0.25, 0.3) is 0 Å². The highest BCUT2D eigenvalue weighted by Crippen LogP contribution is 2.30. The van der Waals surface area contributed by atoms with E-state index in [-0.39, 0.29) is 0 Å². The molecule has 0 spiro atoms. The summed E-state index contributed by atoms with van der Waals surface area (Å²) in [6, 6.07) is 0. The van der Waals surface area contributed by atoms with Crippen LogP contribution in [0.3, 0.4) is 0 Å². The van der Waals surface area contributed by atoms with Crippen LogP contribution >= 0.6 is 0 Å². The van der Waals surface area contributed by atoms with Gasteiger partial charge in [0, 0.05) is 18.2 Å². The summed E-state index contributed by atoms with van der Waals surface area (Å²) >= 11 is 0. The van der Waals surface area contributed by atoms with Gasteiger partial charge >= 0.3 is 0 Å². The van der Waals surface area contributed by atoms with Crippen molar-refractivity contribution < 1.29 is 4.79 Å². The van der Waals surface area contributed by atoms with Crippen molar-refractivity contribution >= 4 is 6.29 Å². The molecule has 4 heteroatoms. The number of aldehydes is 1. The molecule has 0 aromatic carbocycles. The van der Waals surface area contributed by atoms with Crippen LogP contribution < -0.4 is 0 Å². The summed E-state index contributed by atoms with van der Waals surface area (Å²) in [4.78, 5) is 18.2. The van der Waals surface area contributed by atoms with Crippen molar-refractivity contribution in [1.82, 2.24) is 14.5 Å². The molecule has 3 rings (SSSR count). The fourth-order valence-corrected chi connectivity index (χ4v) is 3.27. The Labute approximate surface area is 108 Å². The lowest BCUT2D eigenvalue weighted by molar-refractivity contribution is 0.111. The van der Waals surface area contributed by atoms with E-state index < -0.39 is 0 Å². The normalized spacial score (nSPS) is 21.8. The number of aromatic nitrogens is 2. The largest absolute Gasteiger partial charge is 0.331 e. The number of carbonyl (C=O) groups is 1. The number of hydrogen-bond donors (Lipinski definition) is 0. The van der Waals surface area contributed by atoms with E-state index in [0.717, 1.165) is 32.3 Å². The predicted octanol–water partition coefficient (Wildman–Crippen LogP) is 1.84. The van der Waals surface area contributed by atoms with Gasteiger partial charge in [0.1, 0.15) is 11.5 Å². The number of fused-ring (bicyclic) bond motifs is 1. The Kier molecular flexibility index (Phi) is 3.20. The fourth-order valence-electron chi connectivity index (χ4n) is 3.27. The van der Waals surface area contributed by atoms with Crippen LogP contribution in [0.25, 0.3) is 0 Å². The number of hydrogen-bond acceptors (Lipinski definition) is 3. The summed E-state index contributed by atoms with van der Waals surface area (Å²) in [6.45, 7) is 3.34. The van der Waals surface area contributed by atoms with Crippen molar-refractivity contribution in [3.63, 3.8) is 0 Å². The molecule has 0 aliphatic carbocycles. The Morgan fingerprint density at radius 2 is 2.00 bits per heavy atom. The second-order valence-electron chi connectivity index (χ2n) is 5.61. The third-order valence-electron chi connectivity index (χ3n) is 4.37. The molecule has 3 heterocycles. The van der Waals surface area contributed by atoms with Crippen LogP contribution in [0, 0.1) is 0 Å². The predicted molar refractivity (Wildman–Crippen MR) is 70.0 cm³/mol. The fraction of sp³-hybridized carbons (Fsp3) is 0.714. The Morgan fingerprint density at radius 3 is 2.72 bits per heavy atom. The molecule has 1 aromatic rings. The molecule has 0 radical (unpaired) electrons. The zero-order valence-corrected chi connectivity index (χ0v) is 11.1. The highest BCUT2D eigenvalue weighted by atomic mass is 16.1. The van der Waals surface area contributed by atoms with Gasteiger partial charge < -0.3 is 9.47 Å². The van der Waals surface area contributed by atoms with Crippen LogP contribution in [0.2, 0.25) is 0 Å². The van der Waals surface area contributed by atoms with Crippen molar-refractivity contribution in [2.75, 3.05) is 20.1 Å². The van der Waals surface area contributed by atoms with E-state index in [1.165, 1.54) is 37.2 Å². The van der Waals surface area contributed by atoms with E-state index in [0.29, 0.717) is 11.6 Å². The van der Waals surface area contributed by atoms with E-state index in [9.17, 15) is 4.79 Å². The van der Waals surface area contributed by atoms with Crippen molar-refractivity contribution in [1.29, 1.82) is 0 Å². The summed E-state index contributed by atoms with van der Waals surface area (Å²) < 4.78 is 2.34. The van der Waals surface area contributed by atoms with Gasteiger partial charge in [-0.15, -0.1) is 0 Å².